The number of imidazole rings is 1. The number of pyridine rings is 1. The van der Waals surface area contributed by atoms with Crippen molar-refractivity contribution >= 4 is 15.7 Å². The van der Waals surface area contributed by atoms with Crippen LogP contribution in [0.15, 0.2) is 29.7 Å². The molecule has 3 heterocycles. The van der Waals surface area contributed by atoms with E-state index in [9.17, 15) is 8.42 Å². The molecule has 1 fully saturated rings. The number of rotatable bonds is 4. The van der Waals surface area contributed by atoms with Gasteiger partial charge in [0, 0.05) is 45.3 Å². The predicted molar refractivity (Wildman–Crippen MR) is 92.4 cm³/mol. The zero-order valence-corrected chi connectivity index (χ0v) is 15.3. The standard InChI is InChI=1S/C16H23N5O2S/c1-12-8-13(19(2)3)9-14(18-12)15-6-5-7-21(15)24(22,23)16-10-20(4)11-17-16/h8-11,15H,5-7H2,1-4H3/t15-/m1/s1. The van der Waals surface area contributed by atoms with Gasteiger partial charge < -0.3 is 9.47 Å². The molecule has 0 radical (unpaired) electrons. The summed E-state index contributed by atoms with van der Waals surface area (Å²) in [5, 5.41) is 0.0948. The summed E-state index contributed by atoms with van der Waals surface area (Å²) < 4.78 is 29.1. The third kappa shape index (κ3) is 3.03. The van der Waals surface area contributed by atoms with Crippen LogP contribution < -0.4 is 4.90 Å². The third-order valence-corrected chi connectivity index (χ3v) is 6.07. The van der Waals surface area contributed by atoms with Crippen molar-refractivity contribution in [2.24, 2.45) is 7.05 Å². The van der Waals surface area contributed by atoms with Gasteiger partial charge in [-0.25, -0.2) is 13.4 Å². The lowest BCUT2D eigenvalue weighted by atomic mass is 10.1. The summed E-state index contributed by atoms with van der Waals surface area (Å²) in [6.45, 7) is 2.43. The molecule has 1 atom stereocenters. The lowest BCUT2D eigenvalue weighted by molar-refractivity contribution is 0.388. The molecule has 24 heavy (non-hydrogen) atoms. The summed E-state index contributed by atoms with van der Waals surface area (Å²) in [6.07, 6.45) is 4.64. The number of nitrogens with zero attached hydrogens (tertiary/aromatic N) is 5. The monoisotopic (exact) mass is 349 g/mol. The maximum atomic E-state index is 12.9. The molecule has 1 saturated heterocycles. The number of hydrogen-bond donors (Lipinski definition) is 0. The van der Waals surface area contributed by atoms with E-state index in [2.05, 4.69) is 9.97 Å². The van der Waals surface area contributed by atoms with Crippen LogP contribution in [0.4, 0.5) is 5.69 Å². The van der Waals surface area contributed by atoms with Crippen molar-refractivity contribution in [1.82, 2.24) is 18.8 Å². The van der Waals surface area contributed by atoms with Gasteiger partial charge >= 0.3 is 0 Å². The lowest BCUT2D eigenvalue weighted by Crippen LogP contribution is -2.31. The molecule has 2 aromatic heterocycles. The molecule has 8 heteroatoms. The Morgan fingerprint density at radius 3 is 2.67 bits per heavy atom. The molecule has 0 saturated carbocycles. The van der Waals surface area contributed by atoms with Gasteiger partial charge in [-0.3, -0.25) is 4.98 Å². The van der Waals surface area contributed by atoms with Gasteiger partial charge in [-0.2, -0.15) is 4.31 Å². The molecule has 0 aliphatic carbocycles. The van der Waals surface area contributed by atoms with Gasteiger partial charge in [0.25, 0.3) is 10.0 Å². The van der Waals surface area contributed by atoms with Crippen molar-refractivity contribution in [3.8, 4) is 0 Å². The number of sulfonamides is 1. The van der Waals surface area contributed by atoms with Crippen LogP contribution in [0, 0.1) is 6.92 Å². The topological polar surface area (TPSA) is 71.3 Å². The summed E-state index contributed by atoms with van der Waals surface area (Å²) in [7, 11) is 2.09. The summed E-state index contributed by atoms with van der Waals surface area (Å²) >= 11 is 0. The van der Waals surface area contributed by atoms with E-state index in [-0.39, 0.29) is 11.1 Å². The fourth-order valence-electron chi connectivity index (χ4n) is 3.07. The van der Waals surface area contributed by atoms with E-state index in [0.717, 1.165) is 29.9 Å². The summed E-state index contributed by atoms with van der Waals surface area (Å²) in [5.41, 5.74) is 2.72. The molecular weight excluding hydrogens is 326 g/mol. The van der Waals surface area contributed by atoms with E-state index in [1.165, 1.54) is 10.6 Å². The Hall–Kier alpha value is -1.93. The number of anilines is 1. The molecule has 0 N–H and O–H groups in total. The molecule has 0 unspecified atom stereocenters. The highest BCUT2D eigenvalue weighted by atomic mass is 32.2. The largest absolute Gasteiger partial charge is 0.378 e. The fourth-order valence-corrected chi connectivity index (χ4v) is 4.71. The van der Waals surface area contributed by atoms with Gasteiger partial charge in [0.2, 0.25) is 0 Å². The molecule has 0 bridgehead atoms. The van der Waals surface area contributed by atoms with E-state index in [4.69, 9.17) is 0 Å². The van der Waals surface area contributed by atoms with Gasteiger partial charge in [0.05, 0.1) is 18.1 Å². The molecule has 2 aromatic rings. The van der Waals surface area contributed by atoms with E-state index >= 15 is 0 Å². The third-order valence-electron chi connectivity index (χ3n) is 4.27. The highest BCUT2D eigenvalue weighted by Crippen LogP contribution is 2.36. The second-order valence-electron chi connectivity index (χ2n) is 6.44. The molecule has 3 rings (SSSR count). The highest BCUT2D eigenvalue weighted by Gasteiger charge is 2.38. The van der Waals surface area contributed by atoms with Crippen LogP contribution in [-0.2, 0) is 17.1 Å². The smallest absolute Gasteiger partial charge is 0.262 e. The van der Waals surface area contributed by atoms with Crippen molar-refractivity contribution in [1.29, 1.82) is 0 Å². The second kappa shape index (κ2) is 6.18. The van der Waals surface area contributed by atoms with Crippen molar-refractivity contribution < 1.29 is 8.42 Å². The fraction of sp³-hybridized carbons (Fsp3) is 0.500. The van der Waals surface area contributed by atoms with E-state index < -0.39 is 10.0 Å². The van der Waals surface area contributed by atoms with Crippen LogP contribution >= 0.6 is 0 Å². The zero-order valence-electron chi connectivity index (χ0n) is 14.5. The van der Waals surface area contributed by atoms with Crippen molar-refractivity contribution in [2.75, 3.05) is 25.5 Å². The Morgan fingerprint density at radius 1 is 1.29 bits per heavy atom. The molecule has 1 aliphatic heterocycles. The number of aryl methyl sites for hydroxylation is 2. The van der Waals surface area contributed by atoms with Gasteiger partial charge in [-0.05, 0) is 31.9 Å². The van der Waals surface area contributed by atoms with Crippen molar-refractivity contribution in [3.63, 3.8) is 0 Å². The Bertz CT molecular complexity index is 844. The SMILES string of the molecule is Cc1cc(N(C)C)cc([C@H]2CCCN2S(=O)(=O)c2cn(C)cn2)n1. The normalized spacial score (nSPS) is 18.9. The second-order valence-corrected chi connectivity index (χ2v) is 8.27. The van der Waals surface area contributed by atoms with E-state index in [1.807, 2.05) is 38.1 Å². The summed E-state index contributed by atoms with van der Waals surface area (Å²) in [4.78, 5) is 10.6. The first-order valence-corrected chi connectivity index (χ1v) is 9.39. The molecule has 130 valence electrons. The molecule has 0 spiro atoms. The minimum Gasteiger partial charge on any atom is -0.378 e. The minimum absolute atomic E-state index is 0.0948. The van der Waals surface area contributed by atoms with E-state index in [0.29, 0.717) is 6.54 Å². The first kappa shape index (κ1) is 16.9. The Labute approximate surface area is 143 Å². The molecule has 0 aromatic carbocycles. The maximum Gasteiger partial charge on any atom is 0.262 e. The summed E-state index contributed by atoms with van der Waals surface area (Å²) in [5.74, 6) is 0. The Balaban J connectivity index is 2.00. The Morgan fingerprint density at radius 2 is 2.04 bits per heavy atom. The zero-order chi connectivity index (χ0) is 17.5. The highest BCUT2D eigenvalue weighted by molar-refractivity contribution is 7.89. The van der Waals surface area contributed by atoms with Crippen LogP contribution in [0.25, 0.3) is 0 Å². The van der Waals surface area contributed by atoms with Gasteiger partial charge in [-0.15, -0.1) is 0 Å². The van der Waals surface area contributed by atoms with Gasteiger partial charge in [0.15, 0.2) is 5.03 Å². The molecule has 7 nitrogen and oxygen atoms in total. The first-order chi connectivity index (χ1) is 11.3. The van der Waals surface area contributed by atoms with Crippen LogP contribution in [0.2, 0.25) is 0 Å². The lowest BCUT2D eigenvalue weighted by Gasteiger charge is -2.24. The van der Waals surface area contributed by atoms with Crippen LogP contribution in [0.1, 0.15) is 30.3 Å². The van der Waals surface area contributed by atoms with Crippen LogP contribution in [-0.4, -0.2) is 47.9 Å². The average Bonchev–Trinajstić information content (AvgIpc) is 3.15. The quantitative estimate of drug-likeness (QED) is 0.840. The maximum absolute atomic E-state index is 12.9. The number of aromatic nitrogens is 3. The summed E-state index contributed by atoms with van der Waals surface area (Å²) in [6, 6.07) is 3.73. The van der Waals surface area contributed by atoms with Crippen LogP contribution in [0.5, 0.6) is 0 Å². The first-order valence-electron chi connectivity index (χ1n) is 7.95. The molecular formula is C16H23N5O2S. The Kier molecular flexibility index (Phi) is 4.35. The molecule has 0 amide bonds. The van der Waals surface area contributed by atoms with E-state index in [1.54, 1.807) is 17.8 Å². The van der Waals surface area contributed by atoms with Crippen molar-refractivity contribution in [3.05, 3.63) is 36.0 Å². The predicted octanol–water partition coefficient (Wildman–Crippen LogP) is 1.72. The van der Waals surface area contributed by atoms with Crippen LogP contribution in [0.3, 0.4) is 0 Å². The van der Waals surface area contributed by atoms with Gasteiger partial charge in [-0.1, -0.05) is 0 Å². The average molecular weight is 349 g/mol. The number of hydrogen-bond acceptors (Lipinski definition) is 5. The minimum atomic E-state index is -3.61. The van der Waals surface area contributed by atoms with Gasteiger partial charge in [0.1, 0.15) is 0 Å². The molecule has 1 aliphatic rings. The van der Waals surface area contributed by atoms with Crippen molar-refractivity contribution in [2.45, 2.75) is 30.8 Å².